The first-order valence-electron chi connectivity index (χ1n) is 7.07. The van der Waals surface area contributed by atoms with E-state index in [1.165, 1.54) is 0 Å². The second-order valence-electron chi connectivity index (χ2n) is 4.63. The van der Waals surface area contributed by atoms with Crippen LogP contribution in [0.15, 0.2) is 54.6 Å². The van der Waals surface area contributed by atoms with E-state index in [1.807, 2.05) is 61.5 Å². The van der Waals surface area contributed by atoms with E-state index in [2.05, 4.69) is 0 Å². The van der Waals surface area contributed by atoms with Crippen molar-refractivity contribution in [3.05, 3.63) is 60.2 Å². The summed E-state index contributed by atoms with van der Waals surface area (Å²) in [5, 5.41) is 10.2. The zero-order valence-corrected chi connectivity index (χ0v) is 12.1. The van der Waals surface area contributed by atoms with Crippen molar-refractivity contribution in [2.24, 2.45) is 5.73 Å². The highest BCUT2D eigenvalue weighted by molar-refractivity contribution is 5.40. The Morgan fingerprint density at radius 2 is 1.62 bits per heavy atom. The number of aliphatic hydroxyl groups excluding tert-OH is 1. The molecule has 2 aromatic carbocycles. The SMILES string of the molecule is CCOc1ccccc1OC(c1ccccc1)C(O)CN. The summed E-state index contributed by atoms with van der Waals surface area (Å²) in [7, 11) is 0. The van der Waals surface area contributed by atoms with Gasteiger partial charge in [-0.2, -0.15) is 0 Å². The van der Waals surface area contributed by atoms with Crippen molar-refractivity contribution < 1.29 is 14.6 Å². The van der Waals surface area contributed by atoms with Crippen molar-refractivity contribution in [3.8, 4) is 11.5 Å². The van der Waals surface area contributed by atoms with Gasteiger partial charge in [0, 0.05) is 6.54 Å². The highest BCUT2D eigenvalue weighted by Gasteiger charge is 2.23. The van der Waals surface area contributed by atoms with Crippen LogP contribution >= 0.6 is 0 Å². The van der Waals surface area contributed by atoms with Crippen molar-refractivity contribution in [2.75, 3.05) is 13.2 Å². The molecular weight excluding hydrogens is 266 g/mol. The summed E-state index contributed by atoms with van der Waals surface area (Å²) >= 11 is 0. The van der Waals surface area contributed by atoms with Gasteiger partial charge < -0.3 is 20.3 Å². The molecule has 0 heterocycles. The summed E-state index contributed by atoms with van der Waals surface area (Å²) in [6.45, 7) is 2.59. The summed E-state index contributed by atoms with van der Waals surface area (Å²) < 4.78 is 11.5. The van der Waals surface area contributed by atoms with Crippen LogP contribution in [0.1, 0.15) is 18.6 Å². The summed E-state index contributed by atoms with van der Waals surface area (Å²) in [5.41, 5.74) is 6.48. The van der Waals surface area contributed by atoms with Crippen LogP contribution in [0.25, 0.3) is 0 Å². The molecule has 0 saturated heterocycles. The molecule has 0 amide bonds. The molecule has 2 rings (SSSR count). The molecule has 0 saturated carbocycles. The molecule has 0 spiro atoms. The number of hydrogen-bond acceptors (Lipinski definition) is 4. The first-order chi connectivity index (χ1) is 10.3. The van der Waals surface area contributed by atoms with Gasteiger partial charge in [0.15, 0.2) is 17.6 Å². The zero-order valence-electron chi connectivity index (χ0n) is 12.1. The van der Waals surface area contributed by atoms with Gasteiger partial charge in [-0.3, -0.25) is 0 Å². The van der Waals surface area contributed by atoms with Crippen molar-refractivity contribution in [1.29, 1.82) is 0 Å². The van der Waals surface area contributed by atoms with E-state index in [0.29, 0.717) is 18.1 Å². The van der Waals surface area contributed by atoms with E-state index < -0.39 is 12.2 Å². The Hall–Kier alpha value is -2.04. The zero-order chi connectivity index (χ0) is 15.1. The average molecular weight is 287 g/mol. The van der Waals surface area contributed by atoms with Gasteiger partial charge in [0.2, 0.25) is 0 Å². The van der Waals surface area contributed by atoms with Gasteiger partial charge in [0.25, 0.3) is 0 Å². The lowest BCUT2D eigenvalue weighted by Gasteiger charge is -2.24. The second kappa shape index (κ2) is 7.67. The number of benzene rings is 2. The Balaban J connectivity index is 2.27. The van der Waals surface area contributed by atoms with Crippen LogP contribution in [-0.2, 0) is 0 Å². The molecule has 0 aliphatic carbocycles. The molecule has 2 unspecified atom stereocenters. The van der Waals surface area contributed by atoms with Crippen LogP contribution in [-0.4, -0.2) is 24.4 Å². The molecule has 4 nitrogen and oxygen atoms in total. The topological polar surface area (TPSA) is 64.7 Å². The van der Waals surface area contributed by atoms with Crippen molar-refractivity contribution in [2.45, 2.75) is 19.1 Å². The molecule has 0 radical (unpaired) electrons. The third-order valence-electron chi connectivity index (χ3n) is 3.12. The van der Waals surface area contributed by atoms with Crippen molar-refractivity contribution in [3.63, 3.8) is 0 Å². The van der Waals surface area contributed by atoms with Crippen LogP contribution in [0.4, 0.5) is 0 Å². The molecule has 0 aliphatic rings. The molecule has 2 aromatic rings. The van der Waals surface area contributed by atoms with Crippen LogP contribution < -0.4 is 15.2 Å². The van der Waals surface area contributed by atoms with E-state index >= 15 is 0 Å². The number of hydrogen-bond donors (Lipinski definition) is 2. The van der Waals surface area contributed by atoms with Gasteiger partial charge in [-0.15, -0.1) is 0 Å². The maximum atomic E-state index is 10.2. The maximum Gasteiger partial charge on any atom is 0.162 e. The normalized spacial score (nSPS) is 13.5. The fourth-order valence-corrected chi connectivity index (χ4v) is 2.09. The standard InChI is InChI=1S/C17H21NO3/c1-2-20-15-10-6-7-11-16(15)21-17(14(19)12-18)13-8-4-3-5-9-13/h3-11,14,17,19H,2,12,18H2,1H3. The molecule has 112 valence electrons. The minimum absolute atomic E-state index is 0.121. The van der Waals surface area contributed by atoms with Gasteiger partial charge >= 0.3 is 0 Å². The van der Waals surface area contributed by atoms with Crippen LogP contribution in [0.5, 0.6) is 11.5 Å². The first kappa shape index (κ1) is 15.4. The minimum Gasteiger partial charge on any atom is -0.490 e. The van der Waals surface area contributed by atoms with Gasteiger partial charge in [0.05, 0.1) is 6.61 Å². The third-order valence-corrected chi connectivity index (χ3v) is 3.12. The van der Waals surface area contributed by atoms with Gasteiger partial charge in [-0.05, 0) is 24.6 Å². The molecule has 3 N–H and O–H groups in total. The van der Waals surface area contributed by atoms with Gasteiger partial charge in [0.1, 0.15) is 6.10 Å². The van der Waals surface area contributed by atoms with E-state index in [4.69, 9.17) is 15.2 Å². The van der Waals surface area contributed by atoms with E-state index in [0.717, 1.165) is 5.56 Å². The number of ether oxygens (including phenoxy) is 2. The number of para-hydroxylation sites is 2. The summed E-state index contributed by atoms with van der Waals surface area (Å²) in [4.78, 5) is 0. The predicted molar refractivity (Wildman–Crippen MR) is 82.5 cm³/mol. The van der Waals surface area contributed by atoms with E-state index in [-0.39, 0.29) is 6.54 Å². The van der Waals surface area contributed by atoms with Crippen LogP contribution in [0.2, 0.25) is 0 Å². The Morgan fingerprint density at radius 3 is 2.24 bits per heavy atom. The summed E-state index contributed by atoms with van der Waals surface area (Å²) in [6.07, 6.45) is -1.32. The lowest BCUT2D eigenvalue weighted by atomic mass is 10.0. The predicted octanol–water partition coefficient (Wildman–Crippen LogP) is 2.52. The lowest BCUT2D eigenvalue weighted by molar-refractivity contribution is 0.0394. The minimum atomic E-state index is -0.790. The molecule has 0 aliphatic heterocycles. The number of nitrogens with two attached hydrogens (primary N) is 1. The maximum absolute atomic E-state index is 10.2. The van der Waals surface area contributed by atoms with Crippen LogP contribution in [0, 0.1) is 0 Å². The summed E-state index contributed by atoms with van der Waals surface area (Å²) in [5.74, 6) is 1.26. The molecule has 21 heavy (non-hydrogen) atoms. The highest BCUT2D eigenvalue weighted by Crippen LogP contribution is 2.32. The monoisotopic (exact) mass is 287 g/mol. The van der Waals surface area contributed by atoms with Gasteiger partial charge in [-0.1, -0.05) is 42.5 Å². The Bertz CT molecular complexity index is 545. The fraction of sp³-hybridized carbons (Fsp3) is 0.294. The number of aliphatic hydroxyl groups is 1. The third kappa shape index (κ3) is 3.97. The molecule has 0 fully saturated rings. The van der Waals surface area contributed by atoms with Gasteiger partial charge in [-0.25, -0.2) is 0 Å². The Morgan fingerprint density at radius 1 is 1.00 bits per heavy atom. The smallest absolute Gasteiger partial charge is 0.162 e. The molecule has 0 bridgehead atoms. The Kier molecular flexibility index (Phi) is 5.60. The Labute approximate surface area is 125 Å². The summed E-state index contributed by atoms with van der Waals surface area (Å²) in [6, 6.07) is 17.0. The van der Waals surface area contributed by atoms with Crippen LogP contribution in [0.3, 0.4) is 0 Å². The molecular formula is C17H21NO3. The second-order valence-corrected chi connectivity index (χ2v) is 4.63. The quantitative estimate of drug-likeness (QED) is 0.821. The van der Waals surface area contributed by atoms with Crippen molar-refractivity contribution in [1.82, 2.24) is 0 Å². The molecule has 0 aromatic heterocycles. The average Bonchev–Trinajstić information content (AvgIpc) is 2.54. The van der Waals surface area contributed by atoms with Crippen molar-refractivity contribution >= 4 is 0 Å². The first-order valence-corrected chi connectivity index (χ1v) is 7.07. The largest absolute Gasteiger partial charge is 0.490 e. The van der Waals surface area contributed by atoms with E-state index in [9.17, 15) is 5.11 Å². The molecule has 4 heteroatoms. The lowest BCUT2D eigenvalue weighted by Crippen LogP contribution is -2.31. The highest BCUT2D eigenvalue weighted by atomic mass is 16.5. The molecule has 2 atom stereocenters. The number of rotatable bonds is 7. The van der Waals surface area contributed by atoms with E-state index in [1.54, 1.807) is 0 Å². The fourth-order valence-electron chi connectivity index (χ4n) is 2.09.